The van der Waals surface area contributed by atoms with Gasteiger partial charge in [0, 0.05) is 12.8 Å². The van der Waals surface area contributed by atoms with Crippen molar-refractivity contribution in [1.82, 2.24) is 5.32 Å². The lowest BCUT2D eigenvalue weighted by Crippen LogP contribution is -2.45. The average molecular weight is 1030 g/mol. The number of aliphatic hydroxyl groups excluding tert-OH is 2. The first kappa shape index (κ1) is 71.1. The molecular weight excluding hydrogens is 899 g/mol. The predicted octanol–water partition coefficient (Wildman–Crippen LogP) is 20.8. The highest BCUT2D eigenvalue weighted by Gasteiger charge is 2.20. The highest BCUT2D eigenvalue weighted by Crippen LogP contribution is 2.18. The van der Waals surface area contributed by atoms with Crippen molar-refractivity contribution in [2.24, 2.45) is 0 Å². The quantitative estimate of drug-likeness (QED) is 0.0320. The van der Waals surface area contributed by atoms with Crippen molar-refractivity contribution in [3.8, 4) is 0 Å². The number of carbonyl (C=O) groups is 2. The molecule has 0 radical (unpaired) electrons. The zero-order chi connectivity index (χ0) is 52.9. The van der Waals surface area contributed by atoms with E-state index in [0.29, 0.717) is 25.9 Å². The third kappa shape index (κ3) is 59.2. The maximum atomic E-state index is 12.5. The summed E-state index contributed by atoms with van der Waals surface area (Å²) in [6.45, 7) is 4.86. The highest BCUT2D eigenvalue weighted by molar-refractivity contribution is 5.76. The molecule has 0 heterocycles. The Balaban J connectivity index is 3.45. The Labute approximate surface area is 455 Å². The van der Waals surface area contributed by atoms with E-state index in [4.69, 9.17) is 4.74 Å². The van der Waals surface area contributed by atoms with Crippen molar-refractivity contribution in [3.63, 3.8) is 0 Å². The molecule has 0 saturated carbocycles. The first-order valence-electron chi connectivity index (χ1n) is 32.7. The Morgan fingerprint density at radius 1 is 0.384 bits per heavy atom. The van der Waals surface area contributed by atoms with Crippen molar-refractivity contribution >= 4 is 11.9 Å². The molecule has 0 saturated heterocycles. The fourth-order valence-electron chi connectivity index (χ4n) is 10.2. The topological polar surface area (TPSA) is 95.9 Å². The Morgan fingerprint density at radius 2 is 0.685 bits per heavy atom. The maximum absolute atomic E-state index is 12.5. The number of esters is 1. The van der Waals surface area contributed by atoms with Crippen LogP contribution in [-0.4, -0.2) is 47.4 Å². The molecule has 6 nitrogen and oxygen atoms in total. The minimum atomic E-state index is -0.669. The summed E-state index contributed by atoms with van der Waals surface area (Å²) >= 11 is 0. The summed E-state index contributed by atoms with van der Waals surface area (Å²) in [5.41, 5.74) is 0. The second kappa shape index (κ2) is 62.6. The van der Waals surface area contributed by atoms with E-state index >= 15 is 0 Å². The molecule has 0 fully saturated rings. The van der Waals surface area contributed by atoms with Crippen LogP contribution in [0.15, 0.2) is 36.5 Å². The summed E-state index contributed by atoms with van der Waals surface area (Å²) in [7, 11) is 0. The van der Waals surface area contributed by atoms with Gasteiger partial charge in [-0.3, -0.25) is 9.59 Å². The molecular formula is C67H127NO5. The molecule has 3 N–H and O–H groups in total. The molecule has 0 bridgehead atoms. The number of carbonyl (C=O) groups excluding carboxylic acids is 2. The normalized spacial score (nSPS) is 12.8. The van der Waals surface area contributed by atoms with E-state index in [9.17, 15) is 19.8 Å². The summed E-state index contributed by atoms with van der Waals surface area (Å²) in [5, 5.41) is 23.4. The lowest BCUT2D eigenvalue weighted by molar-refractivity contribution is -0.143. The third-order valence-corrected chi connectivity index (χ3v) is 15.2. The molecule has 0 aliphatic rings. The lowest BCUT2D eigenvalue weighted by atomic mass is 10.0. The molecule has 430 valence electrons. The van der Waals surface area contributed by atoms with Crippen LogP contribution in [0.25, 0.3) is 0 Å². The monoisotopic (exact) mass is 1030 g/mol. The fraction of sp³-hybridized carbons (Fsp3) is 0.881. The van der Waals surface area contributed by atoms with Gasteiger partial charge in [-0.25, -0.2) is 0 Å². The van der Waals surface area contributed by atoms with Gasteiger partial charge in [0.15, 0.2) is 0 Å². The van der Waals surface area contributed by atoms with Crippen LogP contribution in [0, 0.1) is 0 Å². The SMILES string of the molecule is CCCCCCCC/C=C\CCCCCCCC(=O)OCC/C=C\C/C=C\CCCCCCCCCCCCCCCCC(=O)NC(CO)C(O)CCCCCCCCCCCCCCCCCCCCCC. The van der Waals surface area contributed by atoms with Crippen LogP contribution in [0.3, 0.4) is 0 Å². The van der Waals surface area contributed by atoms with E-state index in [1.807, 2.05) is 0 Å². The van der Waals surface area contributed by atoms with E-state index in [1.165, 1.54) is 270 Å². The van der Waals surface area contributed by atoms with E-state index in [2.05, 4.69) is 55.6 Å². The smallest absolute Gasteiger partial charge is 0.305 e. The van der Waals surface area contributed by atoms with E-state index in [0.717, 1.165) is 51.4 Å². The van der Waals surface area contributed by atoms with Crippen molar-refractivity contribution in [2.45, 2.75) is 366 Å². The first-order valence-corrected chi connectivity index (χ1v) is 32.7. The third-order valence-electron chi connectivity index (χ3n) is 15.2. The number of nitrogens with one attached hydrogen (secondary N) is 1. The summed E-state index contributed by atoms with van der Waals surface area (Å²) in [4.78, 5) is 24.6. The Kier molecular flexibility index (Phi) is 61.0. The molecule has 2 atom stereocenters. The first-order chi connectivity index (χ1) is 36.0. The Morgan fingerprint density at radius 3 is 1.05 bits per heavy atom. The van der Waals surface area contributed by atoms with E-state index in [1.54, 1.807) is 0 Å². The standard InChI is InChI=1S/C67H127NO5/c1-3-5-7-9-11-13-15-17-19-20-21-25-28-32-35-39-43-47-51-55-59-65(70)64(63-69)68-66(71)60-56-52-48-44-40-36-33-29-26-23-22-24-27-30-34-38-42-46-50-54-58-62-73-67(72)61-57-53-49-45-41-37-31-18-16-14-12-10-8-6-4-2/h18,31,38,42,50,54,64-65,69-70H,3-17,19-30,32-37,39-41,43-49,51-53,55-63H2,1-2H3,(H,68,71)/b31-18-,42-38-,54-50-. The largest absolute Gasteiger partial charge is 0.465 e. The van der Waals surface area contributed by atoms with E-state index in [-0.39, 0.29) is 18.5 Å². The van der Waals surface area contributed by atoms with Crippen LogP contribution in [-0.2, 0) is 14.3 Å². The van der Waals surface area contributed by atoms with Crippen LogP contribution >= 0.6 is 0 Å². The molecule has 0 rings (SSSR count). The van der Waals surface area contributed by atoms with Gasteiger partial charge in [0.05, 0.1) is 25.4 Å². The van der Waals surface area contributed by atoms with Crippen molar-refractivity contribution in [2.75, 3.05) is 13.2 Å². The minimum absolute atomic E-state index is 0.0368. The van der Waals surface area contributed by atoms with Gasteiger partial charge in [0.25, 0.3) is 0 Å². The molecule has 0 aliphatic heterocycles. The molecule has 73 heavy (non-hydrogen) atoms. The molecule has 1 amide bonds. The predicted molar refractivity (Wildman–Crippen MR) is 319 cm³/mol. The number of hydrogen-bond donors (Lipinski definition) is 3. The maximum Gasteiger partial charge on any atom is 0.305 e. The second-order valence-corrected chi connectivity index (χ2v) is 22.4. The molecule has 0 spiro atoms. The second-order valence-electron chi connectivity index (χ2n) is 22.4. The number of ether oxygens (including phenoxy) is 1. The molecule has 0 aromatic heterocycles. The number of amides is 1. The summed E-state index contributed by atoms with van der Waals surface area (Å²) < 4.78 is 5.42. The molecule has 0 aromatic carbocycles. The molecule has 0 aromatic rings. The van der Waals surface area contributed by atoms with Gasteiger partial charge in [-0.1, -0.05) is 307 Å². The Hall–Kier alpha value is -1.92. The van der Waals surface area contributed by atoms with Crippen LogP contribution < -0.4 is 5.32 Å². The summed E-state index contributed by atoms with van der Waals surface area (Å²) in [6.07, 6.45) is 78.9. The zero-order valence-corrected chi connectivity index (χ0v) is 49.1. The van der Waals surface area contributed by atoms with Crippen molar-refractivity contribution in [3.05, 3.63) is 36.5 Å². The number of rotatable bonds is 61. The van der Waals surface area contributed by atoms with Crippen molar-refractivity contribution < 1.29 is 24.5 Å². The van der Waals surface area contributed by atoms with Gasteiger partial charge in [-0.15, -0.1) is 0 Å². The van der Waals surface area contributed by atoms with Gasteiger partial charge >= 0.3 is 5.97 Å². The Bertz CT molecular complexity index is 1180. The number of hydrogen-bond acceptors (Lipinski definition) is 5. The number of aliphatic hydroxyl groups is 2. The van der Waals surface area contributed by atoms with Gasteiger partial charge in [-0.2, -0.15) is 0 Å². The van der Waals surface area contributed by atoms with Gasteiger partial charge in [0.1, 0.15) is 0 Å². The zero-order valence-electron chi connectivity index (χ0n) is 49.1. The summed E-state index contributed by atoms with van der Waals surface area (Å²) in [5.74, 6) is -0.0795. The van der Waals surface area contributed by atoms with Crippen LogP contribution in [0.5, 0.6) is 0 Å². The fourth-order valence-corrected chi connectivity index (χ4v) is 10.2. The molecule has 0 aliphatic carbocycles. The van der Waals surface area contributed by atoms with Crippen LogP contribution in [0.2, 0.25) is 0 Å². The average Bonchev–Trinajstić information content (AvgIpc) is 3.39. The van der Waals surface area contributed by atoms with Crippen LogP contribution in [0.4, 0.5) is 0 Å². The number of unbranched alkanes of at least 4 members (excludes halogenated alkanes) is 44. The van der Waals surface area contributed by atoms with Gasteiger partial charge in [-0.05, 0) is 70.6 Å². The molecule has 6 heteroatoms. The van der Waals surface area contributed by atoms with Gasteiger partial charge in [0.2, 0.25) is 5.91 Å². The van der Waals surface area contributed by atoms with Gasteiger partial charge < -0.3 is 20.3 Å². The minimum Gasteiger partial charge on any atom is -0.465 e. The molecule has 2 unspecified atom stereocenters. The van der Waals surface area contributed by atoms with Crippen LogP contribution in [0.1, 0.15) is 354 Å². The van der Waals surface area contributed by atoms with E-state index < -0.39 is 12.1 Å². The summed E-state index contributed by atoms with van der Waals surface area (Å²) in [6, 6.07) is -0.547. The highest BCUT2D eigenvalue weighted by atomic mass is 16.5. The lowest BCUT2D eigenvalue weighted by Gasteiger charge is -2.22. The van der Waals surface area contributed by atoms with Crippen molar-refractivity contribution in [1.29, 1.82) is 0 Å². The number of allylic oxidation sites excluding steroid dienone is 5.